The maximum atomic E-state index is 12.0. The molecule has 0 radical (unpaired) electrons. The van der Waals surface area contributed by atoms with Crippen LogP contribution in [0, 0.1) is 0 Å². The number of carbonyl (C=O) groups is 3. The molecule has 2 aromatic rings. The van der Waals surface area contributed by atoms with Crippen LogP contribution in [0.25, 0.3) is 0 Å². The zero-order chi connectivity index (χ0) is 12.2. The number of aromatic carboxylic acids is 1. The van der Waals surface area contributed by atoms with Gasteiger partial charge >= 0.3 is 0 Å². The van der Waals surface area contributed by atoms with Gasteiger partial charge in [-0.05, 0) is 17.5 Å². The topological polar surface area (TPSA) is 74.3 Å². The second-order valence-corrected chi connectivity index (χ2v) is 5.43. The molecule has 84 valence electrons. The highest BCUT2D eigenvalue weighted by Crippen LogP contribution is 2.35. The van der Waals surface area contributed by atoms with E-state index < -0.39 is 5.97 Å². The summed E-state index contributed by atoms with van der Waals surface area (Å²) in [5, 5.41) is 12.4. The Kier molecular flexibility index (Phi) is 2.04. The second-order valence-electron chi connectivity index (χ2n) is 3.46. The molecular formula is C11H3O4S2-. The first-order valence-electron chi connectivity index (χ1n) is 4.61. The van der Waals surface area contributed by atoms with Gasteiger partial charge in [-0.2, -0.15) is 0 Å². The highest BCUT2D eigenvalue weighted by Gasteiger charge is 2.33. The molecule has 17 heavy (non-hydrogen) atoms. The fraction of sp³-hybridized carbons (Fsp3) is 0. The monoisotopic (exact) mass is 263 g/mol. The van der Waals surface area contributed by atoms with Crippen molar-refractivity contribution in [3.05, 3.63) is 43.3 Å². The van der Waals surface area contributed by atoms with Crippen LogP contribution >= 0.6 is 22.7 Å². The highest BCUT2D eigenvalue weighted by molar-refractivity contribution is 7.18. The third-order valence-electron chi connectivity index (χ3n) is 2.50. The van der Waals surface area contributed by atoms with E-state index in [4.69, 9.17) is 0 Å². The fourth-order valence-corrected chi connectivity index (χ4v) is 3.58. The van der Waals surface area contributed by atoms with E-state index >= 15 is 0 Å². The van der Waals surface area contributed by atoms with Crippen molar-refractivity contribution in [3.8, 4) is 0 Å². The van der Waals surface area contributed by atoms with Crippen molar-refractivity contribution >= 4 is 40.2 Å². The lowest BCUT2D eigenvalue weighted by Crippen LogP contribution is -2.20. The third-order valence-corrected chi connectivity index (χ3v) is 4.53. The molecule has 1 aliphatic carbocycles. The van der Waals surface area contributed by atoms with Crippen LogP contribution in [0.3, 0.4) is 0 Å². The first-order chi connectivity index (χ1) is 8.09. The van der Waals surface area contributed by atoms with Crippen LogP contribution in [-0.2, 0) is 0 Å². The van der Waals surface area contributed by atoms with Gasteiger partial charge in [0.25, 0.3) is 0 Å². The number of carboxylic acids is 1. The van der Waals surface area contributed by atoms with Crippen LogP contribution in [0.15, 0.2) is 17.5 Å². The van der Waals surface area contributed by atoms with Gasteiger partial charge in [-0.15, -0.1) is 22.7 Å². The summed E-state index contributed by atoms with van der Waals surface area (Å²) < 4.78 is 0. The molecule has 0 aliphatic heterocycles. The van der Waals surface area contributed by atoms with Gasteiger partial charge in [-0.3, -0.25) is 9.59 Å². The number of fused-ring (bicyclic) bond motifs is 2. The lowest BCUT2D eigenvalue weighted by Gasteiger charge is -2.08. The van der Waals surface area contributed by atoms with Crippen molar-refractivity contribution < 1.29 is 19.5 Å². The summed E-state index contributed by atoms with van der Waals surface area (Å²) in [7, 11) is 0. The molecule has 0 N–H and O–H groups in total. The van der Waals surface area contributed by atoms with Crippen LogP contribution < -0.4 is 5.11 Å². The van der Waals surface area contributed by atoms with E-state index in [-0.39, 0.29) is 26.9 Å². The van der Waals surface area contributed by atoms with E-state index in [0.29, 0.717) is 10.4 Å². The molecule has 0 unspecified atom stereocenters. The number of ketones is 2. The van der Waals surface area contributed by atoms with E-state index in [1.54, 1.807) is 11.4 Å². The predicted molar refractivity (Wildman–Crippen MR) is 59.8 cm³/mol. The molecule has 3 rings (SSSR count). The van der Waals surface area contributed by atoms with Gasteiger partial charge in [-0.25, -0.2) is 0 Å². The van der Waals surface area contributed by atoms with Gasteiger partial charge < -0.3 is 9.90 Å². The lowest BCUT2D eigenvalue weighted by molar-refractivity contribution is -0.254. The number of hydrogen-bond donors (Lipinski definition) is 0. The summed E-state index contributed by atoms with van der Waals surface area (Å²) in [5.41, 5.74) is 0.528. The number of carboxylic acid groups (broad SMARTS) is 1. The first-order valence-corrected chi connectivity index (χ1v) is 6.31. The van der Waals surface area contributed by atoms with Crippen LogP contribution in [0.1, 0.15) is 40.1 Å². The van der Waals surface area contributed by atoms with Crippen LogP contribution in [0.2, 0.25) is 0 Å². The van der Waals surface area contributed by atoms with Crippen molar-refractivity contribution in [3.63, 3.8) is 0 Å². The van der Waals surface area contributed by atoms with Crippen molar-refractivity contribution in [2.45, 2.75) is 0 Å². The number of rotatable bonds is 1. The Balaban J connectivity index is 2.27. The van der Waals surface area contributed by atoms with Crippen molar-refractivity contribution in [2.24, 2.45) is 0 Å². The molecule has 2 heterocycles. The van der Waals surface area contributed by atoms with Gasteiger partial charge in [0.1, 0.15) is 0 Å². The Morgan fingerprint density at radius 2 is 1.88 bits per heavy atom. The second kappa shape index (κ2) is 3.35. The van der Waals surface area contributed by atoms with Crippen LogP contribution in [-0.4, -0.2) is 17.5 Å². The van der Waals surface area contributed by atoms with E-state index in [9.17, 15) is 19.5 Å². The van der Waals surface area contributed by atoms with Crippen molar-refractivity contribution in [2.75, 3.05) is 0 Å². The molecule has 0 fully saturated rings. The quantitative estimate of drug-likeness (QED) is 0.655. The summed E-state index contributed by atoms with van der Waals surface area (Å²) >= 11 is 1.99. The maximum Gasteiger partial charge on any atom is 0.214 e. The number of carbonyl (C=O) groups excluding carboxylic acids is 3. The zero-order valence-electron chi connectivity index (χ0n) is 8.18. The van der Waals surface area contributed by atoms with Gasteiger partial charge in [0, 0.05) is 11.1 Å². The SMILES string of the molecule is O=C([O-])c1cc2c(s1)C(=O)c1sccc1C2=O. The summed E-state index contributed by atoms with van der Waals surface area (Å²) in [6, 6.07) is 2.80. The molecule has 1 aliphatic rings. The highest BCUT2D eigenvalue weighted by atomic mass is 32.1. The van der Waals surface area contributed by atoms with E-state index in [1.807, 2.05) is 0 Å². The van der Waals surface area contributed by atoms with Gasteiger partial charge in [0.2, 0.25) is 5.78 Å². The lowest BCUT2D eigenvalue weighted by atomic mass is 9.95. The molecule has 0 saturated carbocycles. The smallest absolute Gasteiger partial charge is 0.214 e. The summed E-state index contributed by atoms with van der Waals surface area (Å²) in [5.74, 6) is -1.94. The average molecular weight is 263 g/mol. The predicted octanol–water partition coefficient (Wildman–Crippen LogP) is 0.949. The number of thiophene rings is 2. The molecular weight excluding hydrogens is 260 g/mol. The zero-order valence-corrected chi connectivity index (χ0v) is 9.81. The summed E-state index contributed by atoms with van der Waals surface area (Å²) in [6.07, 6.45) is 0. The third kappa shape index (κ3) is 1.31. The van der Waals surface area contributed by atoms with Crippen molar-refractivity contribution in [1.82, 2.24) is 0 Å². The molecule has 0 spiro atoms. The van der Waals surface area contributed by atoms with E-state index in [1.165, 1.54) is 17.4 Å². The maximum absolute atomic E-state index is 12.0. The molecule has 6 heteroatoms. The summed E-state index contributed by atoms with van der Waals surface area (Å²) in [4.78, 5) is 35.2. The fourth-order valence-electron chi connectivity index (χ4n) is 1.74. The Morgan fingerprint density at radius 1 is 1.12 bits per heavy atom. The van der Waals surface area contributed by atoms with Gasteiger partial charge in [0.15, 0.2) is 5.78 Å². The average Bonchev–Trinajstić information content (AvgIpc) is 2.92. The minimum absolute atomic E-state index is 0.0909. The normalized spacial score (nSPS) is 13.4. The van der Waals surface area contributed by atoms with E-state index in [2.05, 4.69) is 0 Å². The van der Waals surface area contributed by atoms with Crippen LogP contribution in [0.5, 0.6) is 0 Å². The number of hydrogen-bond acceptors (Lipinski definition) is 6. The molecule has 0 bridgehead atoms. The molecule has 2 aromatic heterocycles. The minimum Gasteiger partial charge on any atom is -0.544 e. The minimum atomic E-state index is -1.37. The van der Waals surface area contributed by atoms with Gasteiger partial charge in [0.05, 0.1) is 20.6 Å². The molecule has 0 amide bonds. The van der Waals surface area contributed by atoms with Gasteiger partial charge in [-0.1, -0.05) is 0 Å². The molecule has 0 aromatic carbocycles. The Morgan fingerprint density at radius 3 is 2.59 bits per heavy atom. The van der Waals surface area contributed by atoms with E-state index in [0.717, 1.165) is 11.3 Å². The molecule has 4 nitrogen and oxygen atoms in total. The Labute approximate surface area is 103 Å². The molecule has 0 saturated heterocycles. The Hall–Kier alpha value is -1.79. The largest absolute Gasteiger partial charge is 0.544 e. The standard InChI is InChI=1S/C11H4O4S2/c12-7-4-1-2-16-9(4)8(13)10-5(7)3-6(17-10)11(14)15/h1-3H,(H,14,15)/p-1. The first kappa shape index (κ1) is 10.4. The van der Waals surface area contributed by atoms with Crippen LogP contribution in [0.4, 0.5) is 0 Å². The molecule has 0 atom stereocenters. The van der Waals surface area contributed by atoms with Crippen molar-refractivity contribution in [1.29, 1.82) is 0 Å². The Bertz CT molecular complexity index is 629. The summed E-state index contributed by atoms with van der Waals surface area (Å²) in [6.45, 7) is 0.